The number of nitrogens with zero attached hydrogens (tertiary/aromatic N) is 2. The fourth-order valence-corrected chi connectivity index (χ4v) is 3.53. The van der Waals surface area contributed by atoms with Gasteiger partial charge in [-0.2, -0.15) is 0 Å². The molecule has 0 unspecified atom stereocenters. The number of hydrogen-bond donors (Lipinski definition) is 1. The standard InChI is InChI=1S/C21H23N3O3/c1-26-17-10-8-15(9-11-17)14-27-21(25)24-13-12-22-20(24)23-19-7-3-5-16-4-2-6-18(16)19/h3,5,7-11H,2,4,6,12-14H2,1H3,(H,22,23). The first-order valence-corrected chi connectivity index (χ1v) is 9.24. The fraction of sp³-hybridized carbons (Fsp3) is 0.333. The minimum absolute atomic E-state index is 0.216. The third-order valence-corrected chi connectivity index (χ3v) is 4.98. The lowest BCUT2D eigenvalue weighted by atomic mass is 10.1. The normalized spacial score (nSPS) is 15.3. The van der Waals surface area contributed by atoms with E-state index in [2.05, 4.69) is 16.4 Å². The van der Waals surface area contributed by atoms with Gasteiger partial charge in [0.05, 0.1) is 20.2 Å². The quantitative estimate of drug-likeness (QED) is 0.899. The summed E-state index contributed by atoms with van der Waals surface area (Å²) in [6, 6.07) is 13.7. The molecule has 6 nitrogen and oxygen atoms in total. The van der Waals surface area contributed by atoms with Gasteiger partial charge in [-0.15, -0.1) is 0 Å². The molecular weight excluding hydrogens is 342 g/mol. The highest BCUT2D eigenvalue weighted by atomic mass is 16.6. The summed E-state index contributed by atoms with van der Waals surface area (Å²) < 4.78 is 10.6. The zero-order chi connectivity index (χ0) is 18.6. The van der Waals surface area contributed by atoms with Crippen molar-refractivity contribution in [1.29, 1.82) is 0 Å². The van der Waals surface area contributed by atoms with Gasteiger partial charge in [0.15, 0.2) is 0 Å². The van der Waals surface area contributed by atoms with Crippen LogP contribution in [0.15, 0.2) is 47.5 Å². The van der Waals surface area contributed by atoms with Crippen LogP contribution >= 0.6 is 0 Å². The number of fused-ring (bicyclic) bond motifs is 1. The highest BCUT2D eigenvalue weighted by Crippen LogP contribution is 2.29. The van der Waals surface area contributed by atoms with Crippen LogP contribution in [0.25, 0.3) is 0 Å². The number of nitrogens with one attached hydrogen (secondary N) is 1. The molecule has 6 heteroatoms. The molecular formula is C21H23N3O3. The van der Waals surface area contributed by atoms with E-state index in [9.17, 15) is 4.79 Å². The summed E-state index contributed by atoms with van der Waals surface area (Å²) in [5.41, 5.74) is 4.67. The minimum atomic E-state index is -0.387. The average Bonchev–Trinajstić information content (AvgIpc) is 3.36. The van der Waals surface area contributed by atoms with Crippen LogP contribution in [0, 0.1) is 0 Å². The van der Waals surface area contributed by atoms with Crippen LogP contribution in [0.1, 0.15) is 23.1 Å². The number of rotatable bonds is 4. The Hall–Kier alpha value is -3.02. The first-order chi connectivity index (χ1) is 13.2. The Kier molecular flexibility index (Phi) is 4.96. The topological polar surface area (TPSA) is 63.2 Å². The largest absolute Gasteiger partial charge is 0.497 e. The number of methoxy groups -OCH3 is 1. The van der Waals surface area contributed by atoms with Crippen LogP contribution in [0.4, 0.5) is 10.5 Å². The number of benzene rings is 2. The molecule has 2 aromatic rings. The summed E-state index contributed by atoms with van der Waals surface area (Å²) in [5.74, 6) is 1.34. The predicted molar refractivity (Wildman–Crippen MR) is 104 cm³/mol. The van der Waals surface area contributed by atoms with E-state index in [1.165, 1.54) is 17.5 Å². The molecule has 0 saturated heterocycles. The molecule has 0 spiro atoms. The van der Waals surface area contributed by atoms with E-state index in [1.807, 2.05) is 36.4 Å². The number of carbonyl (C=O) groups is 1. The lowest BCUT2D eigenvalue weighted by Crippen LogP contribution is -2.38. The van der Waals surface area contributed by atoms with Crippen molar-refractivity contribution in [2.75, 3.05) is 25.5 Å². The molecule has 1 N–H and O–H groups in total. The van der Waals surface area contributed by atoms with E-state index >= 15 is 0 Å². The van der Waals surface area contributed by atoms with Crippen molar-refractivity contribution in [2.45, 2.75) is 25.9 Å². The Balaban J connectivity index is 1.39. The van der Waals surface area contributed by atoms with E-state index in [1.54, 1.807) is 12.0 Å². The van der Waals surface area contributed by atoms with Crippen LogP contribution in [0.5, 0.6) is 5.75 Å². The number of aliphatic imine (C=N–C) groups is 1. The SMILES string of the molecule is COc1ccc(COC(=O)N2CCN=C2Nc2cccc3c2CCC3)cc1. The Labute approximate surface area is 158 Å². The summed E-state index contributed by atoms with van der Waals surface area (Å²) in [5, 5.41) is 3.34. The van der Waals surface area contributed by atoms with Gasteiger partial charge in [-0.25, -0.2) is 9.69 Å². The molecule has 2 aromatic carbocycles. The number of hydrogen-bond acceptors (Lipinski definition) is 5. The molecule has 1 amide bonds. The van der Waals surface area contributed by atoms with Crippen molar-refractivity contribution in [3.63, 3.8) is 0 Å². The molecule has 4 rings (SSSR count). The maximum absolute atomic E-state index is 12.5. The van der Waals surface area contributed by atoms with Crippen molar-refractivity contribution in [3.8, 4) is 5.75 Å². The van der Waals surface area contributed by atoms with Crippen molar-refractivity contribution in [1.82, 2.24) is 4.90 Å². The van der Waals surface area contributed by atoms with E-state index in [-0.39, 0.29) is 12.7 Å². The maximum Gasteiger partial charge on any atom is 0.417 e. The van der Waals surface area contributed by atoms with E-state index in [0.29, 0.717) is 19.0 Å². The second kappa shape index (κ2) is 7.70. The van der Waals surface area contributed by atoms with Gasteiger partial charge in [0, 0.05) is 5.69 Å². The molecule has 1 aliphatic heterocycles. The van der Waals surface area contributed by atoms with Crippen molar-refractivity contribution in [3.05, 3.63) is 59.2 Å². The molecule has 0 aromatic heterocycles. The summed E-state index contributed by atoms with van der Waals surface area (Å²) in [4.78, 5) is 18.6. The van der Waals surface area contributed by atoms with Crippen molar-refractivity contribution < 1.29 is 14.3 Å². The lowest BCUT2D eigenvalue weighted by Gasteiger charge is -2.20. The van der Waals surface area contributed by atoms with E-state index < -0.39 is 0 Å². The Morgan fingerprint density at radius 3 is 2.85 bits per heavy atom. The van der Waals surface area contributed by atoms with Crippen LogP contribution in [0.2, 0.25) is 0 Å². The number of amides is 1. The van der Waals surface area contributed by atoms with Gasteiger partial charge in [0.25, 0.3) is 0 Å². The number of carbonyl (C=O) groups excluding carboxylic acids is 1. The summed E-state index contributed by atoms with van der Waals surface area (Å²) >= 11 is 0. The number of ether oxygens (including phenoxy) is 2. The lowest BCUT2D eigenvalue weighted by molar-refractivity contribution is 0.118. The second-order valence-corrected chi connectivity index (χ2v) is 6.68. The zero-order valence-electron chi connectivity index (χ0n) is 15.4. The summed E-state index contributed by atoms with van der Waals surface area (Å²) in [7, 11) is 1.62. The zero-order valence-corrected chi connectivity index (χ0v) is 15.4. The number of anilines is 1. The Morgan fingerprint density at radius 2 is 2.04 bits per heavy atom. The highest BCUT2D eigenvalue weighted by molar-refractivity contribution is 6.03. The third-order valence-electron chi connectivity index (χ3n) is 4.98. The van der Waals surface area contributed by atoms with Gasteiger partial charge < -0.3 is 14.8 Å². The molecule has 1 aliphatic carbocycles. The second-order valence-electron chi connectivity index (χ2n) is 6.68. The molecule has 0 atom stereocenters. The number of aryl methyl sites for hydroxylation is 1. The predicted octanol–water partition coefficient (Wildman–Crippen LogP) is 3.60. The highest BCUT2D eigenvalue weighted by Gasteiger charge is 2.26. The Morgan fingerprint density at radius 1 is 1.19 bits per heavy atom. The van der Waals surface area contributed by atoms with Crippen LogP contribution in [-0.4, -0.2) is 37.2 Å². The summed E-state index contributed by atoms with van der Waals surface area (Å²) in [6.45, 7) is 1.32. The van der Waals surface area contributed by atoms with Gasteiger partial charge in [-0.1, -0.05) is 24.3 Å². The van der Waals surface area contributed by atoms with Gasteiger partial charge in [0.1, 0.15) is 12.4 Å². The average molecular weight is 365 g/mol. The molecule has 0 saturated carbocycles. The first-order valence-electron chi connectivity index (χ1n) is 9.24. The number of guanidine groups is 1. The van der Waals surface area contributed by atoms with Crippen molar-refractivity contribution in [2.24, 2.45) is 4.99 Å². The maximum atomic E-state index is 12.5. The van der Waals surface area contributed by atoms with Gasteiger partial charge >= 0.3 is 6.09 Å². The smallest absolute Gasteiger partial charge is 0.417 e. The molecule has 1 heterocycles. The molecule has 0 bridgehead atoms. The monoisotopic (exact) mass is 365 g/mol. The minimum Gasteiger partial charge on any atom is -0.497 e. The Bertz CT molecular complexity index is 861. The molecule has 0 radical (unpaired) electrons. The molecule has 2 aliphatic rings. The van der Waals surface area contributed by atoms with Crippen LogP contribution in [0.3, 0.4) is 0 Å². The third kappa shape index (κ3) is 3.74. The van der Waals surface area contributed by atoms with Crippen LogP contribution < -0.4 is 10.1 Å². The van der Waals surface area contributed by atoms with Gasteiger partial charge in [-0.3, -0.25) is 4.99 Å². The summed E-state index contributed by atoms with van der Waals surface area (Å²) in [6.07, 6.45) is 2.97. The molecule has 0 fully saturated rings. The molecule has 27 heavy (non-hydrogen) atoms. The van der Waals surface area contributed by atoms with Crippen LogP contribution in [-0.2, 0) is 24.2 Å². The van der Waals surface area contributed by atoms with E-state index in [0.717, 1.165) is 29.8 Å². The first kappa shape index (κ1) is 17.4. The van der Waals surface area contributed by atoms with Gasteiger partial charge in [0.2, 0.25) is 5.96 Å². The van der Waals surface area contributed by atoms with Crippen molar-refractivity contribution >= 4 is 17.7 Å². The van der Waals surface area contributed by atoms with Gasteiger partial charge in [-0.05, 0) is 54.2 Å². The van der Waals surface area contributed by atoms with E-state index in [4.69, 9.17) is 9.47 Å². The molecule has 140 valence electrons. The fourth-order valence-electron chi connectivity index (χ4n) is 3.53.